The van der Waals surface area contributed by atoms with Crippen LogP contribution in [-0.2, 0) is 0 Å². The van der Waals surface area contributed by atoms with Crippen molar-refractivity contribution in [1.29, 1.82) is 5.26 Å². The van der Waals surface area contributed by atoms with Gasteiger partial charge in [0.15, 0.2) is 0 Å². The van der Waals surface area contributed by atoms with Crippen molar-refractivity contribution in [3.63, 3.8) is 0 Å². The highest BCUT2D eigenvalue weighted by molar-refractivity contribution is 8.00. The van der Waals surface area contributed by atoms with Gasteiger partial charge < -0.3 is 0 Å². The quantitative estimate of drug-likeness (QED) is 0.234. The molecule has 0 rings (SSSR count). The first-order valence-electron chi connectivity index (χ1n) is 1.56. The van der Waals surface area contributed by atoms with E-state index < -0.39 is 0 Å². The summed E-state index contributed by atoms with van der Waals surface area (Å²) in [5.74, 6) is 0. The molecule has 2 nitrogen and oxygen atoms in total. The predicted octanol–water partition coefficient (Wildman–Crippen LogP) is 0.724. The second-order valence-electron chi connectivity index (χ2n) is 0.792. The summed E-state index contributed by atoms with van der Waals surface area (Å²) in [5.41, 5.74) is 0. The maximum atomic E-state index is 7.80. The Morgan fingerprint density at radius 1 is 1.71 bits per heavy atom. The van der Waals surface area contributed by atoms with Crippen molar-refractivity contribution in [3.8, 4) is 6.19 Å². The zero-order valence-electron chi connectivity index (χ0n) is 3.44. The molecular formula is C3H4N2S2. The Kier molecular flexibility index (Phi) is 3.95. The van der Waals surface area contributed by atoms with Crippen LogP contribution in [0.3, 0.4) is 0 Å². The Hall–Kier alpha value is -0.140. The first-order valence-corrected chi connectivity index (χ1v) is 2.59. The lowest BCUT2D eigenvalue weighted by Crippen LogP contribution is -1.84. The molecule has 38 valence electrons. The van der Waals surface area contributed by atoms with Crippen LogP contribution < -0.4 is 0 Å². The molecule has 0 aromatic rings. The summed E-state index contributed by atoms with van der Waals surface area (Å²) in [7, 11) is 0. The molecule has 0 aromatic carbocycles. The van der Waals surface area contributed by atoms with Crippen LogP contribution in [-0.4, -0.2) is 10.8 Å². The SMILES string of the molecule is N#CN=CC(S)S. The van der Waals surface area contributed by atoms with Gasteiger partial charge >= 0.3 is 0 Å². The molecule has 4 heteroatoms. The minimum atomic E-state index is -0.223. The maximum absolute atomic E-state index is 7.80. The number of aliphatic imine (C=N–C) groups is 1. The number of thiol groups is 2. The van der Waals surface area contributed by atoms with Crippen molar-refractivity contribution >= 4 is 31.5 Å². The summed E-state index contributed by atoms with van der Waals surface area (Å²) in [6, 6.07) is 0. The molecule has 0 N–H and O–H groups in total. The van der Waals surface area contributed by atoms with Gasteiger partial charge in [-0.25, -0.2) is 0 Å². The number of nitriles is 1. The number of hydrogen-bond donors (Lipinski definition) is 2. The van der Waals surface area contributed by atoms with E-state index in [1.165, 1.54) is 6.21 Å². The van der Waals surface area contributed by atoms with E-state index in [2.05, 4.69) is 30.2 Å². The van der Waals surface area contributed by atoms with Gasteiger partial charge in [-0.15, -0.1) is 0 Å². The Labute approximate surface area is 53.1 Å². The summed E-state index contributed by atoms with van der Waals surface area (Å²) < 4.78 is -0.223. The first kappa shape index (κ1) is 6.86. The fraction of sp³-hybridized carbons (Fsp3) is 0.333. The summed E-state index contributed by atoms with van der Waals surface area (Å²) in [6.07, 6.45) is 2.91. The fourth-order valence-corrected chi connectivity index (χ4v) is 0.233. The monoisotopic (exact) mass is 132 g/mol. The van der Waals surface area contributed by atoms with Crippen LogP contribution in [0.1, 0.15) is 0 Å². The fourth-order valence-electron chi connectivity index (χ4n) is 0.100. The van der Waals surface area contributed by atoms with Gasteiger partial charge in [0.2, 0.25) is 6.19 Å². The molecule has 0 aliphatic carbocycles. The van der Waals surface area contributed by atoms with E-state index in [9.17, 15) is 0 Å². The molecule has 0 atom stereocenters. The standard InChI is InChI=1S/C3H4N2S2/c4-2-5-1-3(6)7/h1,3,6-7H. The van der Waals surface area contributed by atoms with Crippen LogP contribution in [0.15, 0.2) is 4.99 Å². The average molecular weight is 132 g/mol. The molecule has 0 aliphatic heterocycles. The van der Waals surface area contributed by atoms with Gasteiger partial charge in [0.1, 0.15) is 0 Å². The number of hydrogen-bond acceptors (Lipinski definition) is 4. The number of nitrogens with zero attached hydrogens (tertiary/aromatic N) is 2. The average Bonchev–Trinajstić information content (AvgIpc) is 1.61. The summed E-state index contributed by atoms with van der Waals surface area (Å²) in [6.45, 7) is 0. The lowest BCUT2D eigenvalue weighted by atomic mass is 10.8. The highest BCUT2D eigenvalue weighted by Crippen LogP contribution is 1.93. The van der Waals surface area contributed by atoms with E-state index in [0.29, 0.717) is 0 Å². The molecule has 7 heavy (non-hydrogen) atoms. The predicted molar refractivity (Wildman–Crippen MR) is 35.9 cm³/mol. The molecule has 0 fully saturated rings. The third-order valence-corrected chi connectivity index (χ3v) is 0.532. The van der Waals surface area contributed by atoms with Gasteiger partial charge in [-0.3, -0.25) is 0 Å². The molecule has 0 saturated carbocycles. The molecule has 0 aromatic heterocycles. The van der Waals surface area contributed by atoms with E-state index in [1.54, 1.807) is 6.19 Å². The van der Waals surface area contributed by atoms with Crippen molar-refractivity contribution in [3.05, 3.63) is 0 Å². The Balaban J connectivity index is 3.31. The normalized spacial score (nSPS) is 10.0. The van der Waals surface area contributed by atoms with E-state index in [0.717, 1.165) is 0 Å². The zero-order chi connectivity index (χ0) is 5.70. The molecule has 0 bridgehead atoms. The summed E-state index contributed by atoms with van der Waals surface area (Å²) >= 11 is 7.59. The molecule has 0 spiro atoms. The van der Waals surface area contributed by atoms with Gasteiger partial charge in [-0.1, -0.05) is 0 Å². The smallest absolute Gasteiger partial charge is 0.184 e. The Bertz CT molecular complexity index is 102. The van der Waals surface area contributed by atoms with Crippen molar-refractivity contribution in [2.24, 2.45) is 4.99 Å². The minimum Gasteiger partial charge on any atom is -0.184 e. The largest absolute Gasteiger partial charge is 0.205 e. The van der Waals surface area contributed by atoms with E-state index in [1.807, 2.05) is 0 Å². The summed E-state index contributed by atoms with van der Waals surface area (Å²) in [5, 5.41) is 7.80. The van der Waals surface area contributed by atoms with E-state index >= 15 is 0 Å². The van der Waals surface area contributed by atoms with Gasteiger partial charge in [0.25, 0.3) is 0 Å². The van der Waals surface area contributed by atoms with Crippen LogP contribution in [0.25, 0.3) is 0 Å². The molecule has 0 saturated heterocycles. The van der Waals surface area contributed by atoms with Crippen LogP contribution in [0, 0.1) is 11.5 Å². The molecular weight excluding hydrogens is 128 g/mol. The Morgan fingerprint density at radius 3 is 2.43 bits per heavy atom. The van der Waals surface area contributed by atoms with E-state index in [4.69, 9.17) is 5.26 Å². The van der Waals surface area contributed by atoms with Crippen molar-refractivity contribution in [2.45, 2.75) is 4.58 Å². The Morgan fingerprint density at radius 2 is 2.29 bits per heavy atom. The molecule has 0 amide bonds. The van der Waals surface area contributed by atoms with Crippen LogP contribution in [0.2, 0.25) is 0 Å². The zero-order valence-corrected chi connectivity index (χ0v) is 5.23. The van der Waals surface area contributed by atoms with Crippen molar-refractivity contribution in [2.75, 3.05) is 0 Å². The van der Waals surface area contributed by atoms with Gasteiger partial charge in [0, 0.05) is 6.21 Å². The van der Waals surface area contributed by atoms with Crippen molar-refractivity contribution < 1.29 is 0 Å². The highest BCUT2D eigenvalue weighted by Gasteiger charge is 1.82. The molecule has 0 unspecified atom stereocenters. The van der Waals surface area contributed by atoms with Crippen molar-refractivity contribution in [1.82, 2.24) is 0 Å². The van der Waals surface area contributed by atoms with Crippen LogP contribution in [0.5, 0.6) is 0 Å². The number of rotatable bonds is 1. The highest BCUT2D eigenvalue weighted by atomic mass is 32.2. The topological polar surface area (TPSA) is 36.1 Å². The van der Waals surface area contributed by atoms with Gasteiger partial charge in [0.05, 0.1) is 4.58 Å². The second-order valence-corrected chi connectivity index (χ2v) is 2.31. The second kappa shape index (κ2) is 4.03. The third kappa shape index (κ3) is 5.86. The maximum Gasteiger partial charge on any atom is 0.205 e. The minimum absolute atomic E-state index is 0.223. The lowest BCUT2D eigenvalue weighted by molar-refractivity contribution is 1.44. The van der Waals surface area contributed by atoms with Gasteiger partial charge in [-0.2, -0.15) is 35.5 Å². The van der Waals surface area contributed by atoms with Crippen LogP contribution in [0.4, 0.5) is 0 Å². The van der Waals surface area contributed by atoms with Gasteiger partial charge in [-0.05, 0) is 0 Å². The van der Waals surface area contributed by atoms with Crippen LogP contribution >= 0.6 is 25.3 Å². The molecule has 0 radical (unpaired) electrons. The van der Waals surface area contributed by atoms with E-state index in [-0.39, 0.29) is 4.58 Å². The first-order chi connectivity index (χ1) is 3.27. The third-order valence-electron chi connectivity index (χ3n) is 0.266. The lowest BCUT2D eigenvalue weighted by Gasteiger charge is -1.83. The molecule has 0 heterocycles. The molecule has 0 aliphatic rings. The summed E-state index contributed by atoms with van der Waals surface area (Å²) in [4.78, 5) is 3.20.